The predicted molar refractivity (Wildman–Crippen MR) is 72.8 cm³/mol. The van der Waals surface area contributed by atoms with E-state index in [1.54, 1.807) is 6.07 Å². The number of aromatic nitrogens is 2. The van der Waals surface area contributed by atoms with Gasteiger partial charge in [-0.25, -0.2) is 9.36 Å². The third-order valence-electron chi connectivity index (χ3n) is 3.19. The predicted octanol–water partition coefficient (Wildman–Crippen LogP) is -1.02. The fraction of sp³-hybridized carbons (Fsp3) is 0.538. The summed E-state index contributed by atoms with van der Waals surface area (Å²) in [5.74, 6) is -0.469. The van der Waals surface area contributed by atoms with Crippen LogP contribution >= 0.6 is 0 Å². The summed E-state index contributed by atoms with van der Waals surface area (Å²) in [6.07, 6.45) is 2.95. The lowest BCUT2D eigenvalue weighted by molar-refractivity contribution is -0.122. The highest BCUT2D eigenvalue weighted by molar-refractivity contribution is 5.75. The molecule has 0 radical (unpaired) electrons. The molecule has 1 amide bonds. The van der Waals surface area contributed by atoms with E-state index >= 15 is 0 Å². The minimum atomic E-state index is -0.735. The first-order valence-electron chi connectivity index (χ1n) is 6.60. The molecule has 112 valence electrons. The van der Waals surface area contributed by atoms with Crippen molar-refractivity contribution in [2.45, 2.75) is 25.4 Å². The van der Waals surface area contributed by atoms with Crippen LogP contribution < -0.4 is 16.6 Å². The van der Waals surface area contributed by atoms with Crippen molar-refractivity contribution in [1.29, 1.82) is 5.26 Å². The molecule has 1 aliphatic rings. The molecule has 1 aromatic heterocycles. The van der Waals surface area contributed by atoms with E-state index in [0.717, 1.165) is 17.4 Å². The van der Waals surface area contributed by atoms with Crippen molar-refractivity contribution < 1.29 is 9.53 Å². The van der Waals surface area contributed by atoms with Crippen LogP contribution in [-0.2, 0) is 16.1 Å². The molecule has 0 atom stereocenters. The van der Waals surface area contributed by atoms with Gasteiger partial charge in [0.1, 0.15) is 18.2 Å². The van der Waals surface area contributed by atoms with E-state index in [2.05, 4.69) is 5.32 Å². The number of ether oxygens (including phenoxy) is 1. The lowest BCUT2D eigenvalue weighted by Crippen LogP contribution is -2.44. The lowest BCUT2D eigenvalue weighted by atomic mass is 10.3. The molecule has 0 spiro atoms. The standard InChI is InChI=1S/C13H16N4O4/c1-21-5-4-15-11(18)8-17-12(19)9(6-14)7-16(13(17)20)10-2-3-10/h7,10H,2-5,8H2,1H3,(H,15,18). The normalized spacial score (nSPS) is 13.7. The van der Waals surface area contributed by atoms with E-state index in [0.29, 0.717) is 13.2 Å². The van der Waals surface area contributed by atoms with E-state index in [9.17, 15) is 14.4 Å². The van der Waals surface area contributed by atoms with Crippen LogP contribution in [0.15, 0.2) is 15.8 Å². The molecule has 0 aliphatic heterocycles. The van der Waals surface area contributed by atoms with Crippen molar-refractivity contribution in [2.24, 2.45) is 0 Å². The number of nitrogens with one attached hydrogen (secondary N) is 1. The maximum absolute atomic E-state index is 12.2. The fourth-order valence-electron chi connectivity index (χ4n) is 1.94. The average Bonchev–Trinajstić information content (AvgIpc) is 3.28. The SMILES string of the molecule is COCCNC(=O)Cn1c(=O)c(C#N)cn(C2CC2)c1=O. The molecule has 1 fully saturated rings. The van der Waals surface area contributed by atoms with Crippen molar-refractivity contribution in [3.8, 4) is 6.07 Å². The quantitative estimate of drug-likeness (QED) is 0.675. The molecule has 1 N–H and O–H groups in total. The molecule has 0 unspecified atom stereocenters. The zero-order valence-electron chi connectivity index (χ0n) is 11.7. The van der Waals surface area contributed by atoms with Crippen LogP contribution in [0.25, 0.3) is 0 Å². The number of nitrogens with zero attached hydrogens (tertiary/aromatic N) is 3. The molecule has 0 saturated heterocycles. The lowest BCUT2D eigenvalue weighted by Gasteiger charge is -2.10. The number of carbonyl (C=O) groups is 1. The van der Waals surface area contributed by atoms with Gasteiger partial charge < -0.3 is 10.1 Å². The Kier molecular flexibility index (Phi) is 4.55. The van der Waals surface area contributed by atoms with Crippen LogP contribution in [0.5, 0.6) is 0 Å². The molecule has 0 aromatic carbocycles. The van der Waals surface area contributed by atoms with Crippen LogP contribution in [0.4, 0.5) is 0 Å². The van der Waals surface area contributed by atoms with Gasteiger partial charge in [0.15, 0.2) is 0 Å². The van der Waals surface area contributed by atoms with Gasteiger partial charge in [-0.15, -0.1) is 0 Å². The second-order valence-corrected chi connectivity index (χ2v) is 4.81. The Bertz CT molecular complexity index is 694. The van der Waals surface area contributed by atoms with Crippen LogP contribution in [0, 0.1) is 11.3 Å². The molecule has 2 rings (SSSR count). The Morgan fingerprint density at radius 3 is 2.81 bits per heavy atom. The minimum absolute atomic E-state index is 0.0213. The van der Waals surface area contributed by atoms with Crippen molar-refractivity contribution in [3.63, 3.8) is 0 Å². The molecule has 21 heavy (non-hydrogen) atoms. The molecular formula is C13H16N4O4. The van der Waals surface area contributed by atoms with Gasteiger partial charge in [-0.1, -0.05) is 0 Å². The van der Waals surface area contributed by atoms with E-state index in [4.69, 9.17) is 10.00 Å². The number of nitriles is 1. The first-order valence-corrected chi connectivity index (χ1v) is 6.60. The first kappa shape index (κ1) is 15.0. The summed E-state index contributed by atoms with van der Waals surface area (Å²) in [7, 11) is 1.50. The Labute approximate surface area is 120 Å². The number of hydrogen-bond donors (Lipinski definition) is 1. The fourth-order valence-corrected chi connectivity index (χ4v) is 1.94. The number of rotatable bonds is 6. The largest absolute Gasteiger partial charge is 0.383 e. The van der Waals surface area contributed by atoms with Crippen molar-refractivity contribution in [2.75, 3.05) is 20.3 Å². The van der Waals surface area contributed by atoms with Crippen molar-refractivity contribution in [1.82, 2.24) is 14.5 Å². The molecule has 8 nitrogen and oxygen atoms in total. The molecular weight excluding hydrogens is 276 g/mol. The summed E-state index contributed by atoms with van der Waals surface area (Å²) >= 11 is 0. The Morgan fingerprint density at radius 1 is 1.52 bits per heavy atom. The van der Waals surface area contributed by atoms with E-state index < -0.39 is 23.7 Å². The second-order valence-electron chi connectivity index (χ2n) is 4.81. The molecule has 0 bridgehead atoms. The van der Waals surface area contributed by atoms with Gasteiger partial charge in [0.25, 0.3) is 5.56 Å². The van der Waals surface area contributed by atoms with Crippen LogP contribution in [0.3, 0.4) is 0 Å². The highest BCUT2D eigenvalue weighted by Gasteiger charge is 2.27. The summed E-state index contributed by atoms with van der Waals surface area (Å²) in [5, 5.41) is 11.5. The van der Waals surface area contributed by atoms with Crippen LogP contribution in [0.1, 0.15) is 24.4 Å². The number of hydrogen-bond acceptors (Lipinski definition) is 5. The highest BCUT2D eigenvalue weighted by atomic mass is 16.5. The monoisotopic (exact) mass is 292 g/mol. The number of carbonyl (C=O) groups excluding carboxylic acids is 1. The summed E-state index contributed by atoms with van der Waals surface area (Å²) in [5.41, 5.74) is -1.42. The van der Waals surface area contributed by atoms with Crippen molar-refractivity contribution >= 4 is 5.91 Å². The Hall–Kier alpha value is -2.40. The topological polar surface area (TPSA) is 106 Å². The third-order valence-corrected chi connectivity index (χ3v) is 3.19. The summed E-state index contributed by atoms with van der Waals surface area (Å²) in [4.78, 5) is 36.0. The number of methoxy groups -OCH3 is 1. The zero-order valence-corrected chi connectivity index (χ0v) is 11.7. The molecule has 1 heterocycles. The van der Waals surface area contributed by atoms with Gasteiger partial charge in [-0.2, -0.15) is 5.26 Å². The molecule has 1 saturated carbocycles. The molecule has 1 aliphatic carbocycles. The van der Waals surface area contributed by atoms with E-state index in [1.807, 2.05) is 0 Å². The number of amides is 1. The second kappa shape index (κ2) is 6.37. The highest BCUT2D eigenvalue weighted by Crippen LogP contribution is 2.33. The maximum Gasteiger partial charge on any atom is 0.331 e. The van der Waals surface area contributed by atoms with Gasteiger partial charge in [-0.05, 0) is 12.8 Å². The minimum Gasteiger partial charge on any atom is -0.383 e. The summed E-state index contributed by atoms with van der Waals surface area (Å²) < 4.78 is 6.96. The van der Waals surface area contributed by atoms with Crippen molar-refractivity contribution in [3.05, 3.63) is 32.6 Å². The summed E-state index contributed by atoms with van der Waals surface area (Å²) in [6.45, 7) is 0.230. The van der Waals surface area contributed by atoms with Crippen LogP contribution in [-0.4, -0.2) is 35.3 Å². The molecule has 1 aromatic rings. The smallest absolute Gasteiger partial charge is 0.331 e. The maximum atomic E-state index is 12.2. The average molecular weight is 292 g/mol. The zero-order chi connectivity index (χ0) is 15.4. The molecule has 8 heteroatoms. The van der Waals surface area contributed by atoms with Gasteiger partial charge >= 0.3 is 5.69 Å². The van der Waals surface area contributed by atoms with Gasteiger partial charge in [-0.3, -0.25) is 14.2 Å². The van der Waals surface area contributed by atoms with Crippen LogP contribution in [0.2, 0.25) is 0 Å². The summed E-state index contributed by atoms with van der Waals surface area (Å²) in [6, 6.07) is 1.79. The first-order chi connectivity index (χ1) is 10.1. The van der Waals surface area contributed by atoms with E-state index in [1.165, 1.54) is 17.9 Å². The van der Waals surface area contributed by atoms with E-state index in [-0.39, 0.29) is 11.6 Å². The Morgan fingerprint density at radius 2 is 2.24 bits per heavy atom. The Balaban J connectivity index is 2.28. The van der Waals surface area contributed by atoms with Gasteiger partial charge in [0.05, 0.1) is 6.61 Å². The van der Waals surface area contributed by atoms with Gasteiger partial charge in [0.2, 0.25) is 5.91 Å². The third kappa shape index (κ3) is 3.38. The van der Waals surface area contributed by atoms with Gasteiger partial charge in [0, 0.05) is 25.9 Å².